The average molecular weight is 336 g/mol. The van der Waals surface area contributed by atoms with Crippen molar-refractivity contribution in [2.45, 2.75) is 45.6 Å². The topological polar surface area (TPSA) is 59.7 Å². The van der Waals surface area contributed by atoms with Crippen LogP contribution in [0.2, 0.25) is 0 Å². The van der Waals surface area contributed by atoms with Gasteiger partial charge < -0.3 is 0 Å². The number of nitriles is 1. The van der Waals surface area contributed by atoms with Gasteiger partial charge in [-0.2, -0.15) is 5.26 Å². The summed E-state index contributed by atoms with van der Waals surface area (Å²) in [4.78, 5) is 16.4. The number of halogens is 2. The third-order valence-electron chi connectivity index (χ3n) is 4.74. The fraction of sp³-hybridized carbons (Fsp3) is 0.588. The molecule has 2 aliphatic rings. The Morgan fingerprint density at radius 3 is 2.88 bits per heavy atom. The van der Waals surface area contributed by atoms with E-state index in [0.29, 0.717) is 25.0 Å². The first kappa shape index (κ1) is 18.3. The number of hydrogen-bond donors (Lipinski definition) is 0. The molecular formula is C17H22F2N4O. The standard InChI is InChI=1S/C17H22F2N4O/c1-4-6-17(15(18)19)11-22-7-5-14(23(22)16(17)24)12(2)8-13(9-20)10-21-3/h8,10,14-15H,3-7,11H2,1-2H3/b12-8+,13-10+. The first-order valence-electron chi connectivity index (χ1n) is 8.02. The number of hydrazine groups is 1. The Kier molecular flexibility index (Phi) is 5.50. The molecular weight excluding hydrogens is 314 g/mol. The third kappa shape index (κ3) is 2.98. The molecule has 0 spiro atoms. The SMILES string of the molecule is C=N/C=C(C#N)\C=C(/C)C1CCN2CC(CCC)(C(F)F)C(=O)N12. The van der Waals surface area contributed by atoms with Gasteiger partial charge >= 0.3 is 0 Å². The molecule has 2 atom stereocenters. The van der Waals surface area contributed by atoms with E-state index in [1.54, 1.807) is 18.0 Å². The molecule has 0 N–H and O–H groups in total. The minimum Gasteiger partial charge on any atom is -0.272 e. The second-order valence-corrected chi connectivity index (χ2v) is 6.32. The summed E-state index contributed by atoms with van der Waals surface area (Å²) in [6, 6.07) is 1.70. The van der Waals surface area contributed by atoms with Crippen molar-refractivity contribution in [2.75, 3.05) is 13.1 Å². The van der Waals surface area contributed by atoms with Crippen LogP contribution >= 0.6 is 0 Å². The van der Waals surface area contributed by atoms with Gasteiger partial charge in [0.25, 0.3) is 12.3 Å². The summed E-state index contributed by atoms with van der Waals surface area (Å²) < 4.78 is 27.3. The summed E-state index contributed by atoms with van der Waals surface area (Å²) in [6.45, 7) is 7.55. The van der Waals surface area contributed by atoms with E-state index < -0.39 is 17.7 Å². The molecule has 0 bridgehead atoms. The molecule has 2 heterocycles. The molecule has 0 aromatic carbocycles. The van der Waals surface area contributed by atoms with Crippen LogP contribution in [0.15, 0.2) is 28.4 Å². The molecule has 2 fully saturated rings. The third-order valence-corrected chi connectivity index (χ3v) is 4.74. The van der Waals surface area contributed by atoms with Crippen molar-refractivity contribution >= 4 is 12.6 Å². The predicted octanol–water partition coefficient (Wildman–Crippen LogP) is 2.92. The lowest BCUT2D eigenvalue weighted by atomic mass is 9.83. The van der Waals surface area contributed by atoms with E-state index in [-0.39, 0.29) is 19.0 Å². The fourth-order valence-electron chi connectivity index (χ4n) is 3.61. The largest absolute Gasteiger partial charge is 0.272 e. The number of carbonyl (C=O) groups excluding carboxylic acids is 1. The van der Waals surface area contributed by atoms with Crippen LogP contribution in [0.5, 0.6) is 0 Å². The highest BCUT2D eigenvalue weighted by atomic mass is 19.3. The predicted molar refractivity (Wildman–Crippen MR) is 87.2 cm³/mol. The van der Waals surface area contributed by atoms with Crippen molar-refractivity contribution < 1.29 is 13.6 Å². The lowest BCUT2D eigenvalue weighted by molar-refractivity contribution is -0.148. The van der Waals surface area contributed by atoms with E-state index in [9.17, 15) is 13.6 Å². The maximum atomic E-state index is 13.7. The van der Waals surface area contributed by atoms with Gasteiger partial charge in [-0.1, -0.05) is 13.3 Å². The number of carbonyl (C=O) groups is 1. The molecule has 7 heteroatoms. The van der Waals surface area contributed by atoms with Crippen LogP contribution in [0.3, 0.4) is 0 Å². The lowest BCUT2D eigenvalue weighted by Crippen LogP contribution is -2.44. The summed E-state index contributed by atoms with van der Waals surface area (Å²) in [5.74, 6) is -0.501. The maximum Gasteiger partial charge on any atom is 0.254 e. The van der Waals surface area contributed by atoms with Gasteiger partial charge in [0, 0.05) is 19.3 Å². The lowest BCUT2D eigenvalue weighted by Gasteiger charge is -2.28. The molecule has 0 aromatic rings. The van der Waals surface area contributed by atoms with E-state index in [4.69, 9.17) is 5.26 Å². The number of fused-ring (bicyclic) bond motifs is 1. The second-order valence-electron chi connectivity index (χ2n) is 6.32. The van der Waals surface area contributed by atoms with Crippen molar-refractivity contribution in [2.24, 2.45) is 10.4 Å². The Labute approximate surface area is 140 Å². The van der Waals surface area contributed by atoms with Gasteiger partial charge in [-0.25, -0.2) is 13.8 Å². The van der Waals surface area contributed by atoms with Crippen LogP contribution in [0.25, 0.3) is 0 Å². The summed E-state index contributed by atoms with van der Waals surface area (Å²) in [7, 11) is 0. The number of hydrogen-bond acceptors (Lipinski definition) is 4. The van der Waals surface area contributed by atoms with Crippen LogP contribution in [0.4, 0.5) is 8.78 Å². The van der Waals surface area contributed by atoms with E-state index in [1.807, 2.05) is 13.0 Å². The Hall–Kier alpha value is -2.07. The Bertz CT molecular complexity index is 623. The van der Waals surface area contributed by atoms with Crippen molar-refractivity contribution in [1.29, 1.82) is 5.26 Å². The fourth-order valence-corrected chi connectivity index (χ4v) is 3.61. The number of rotatable bonds is 6. The minimum absolute atomic E-state index is 0.0658. The molecule has 0 aliphatic carbocycles. The molecule has 2 unspecified atom stereocenters. The molecule has 0 aromatic heterocycles. The molecule has 0 radical (unpaired) electrons. The summed E-state index contributed by atoms with van der Waals surface area (Å²) in [6.07, 6.45) is 1.67. The van der Waals surface area contributed by atoms with Crippen LogP contribution in [0.1, 0.15) is 33.1 Å². The molecule has 24 heavy (non-hydrogen) atoms. The highest BCUT2D eigenvalue weighted by molar-refractivity contribution is 5.86. The van der Waals surface area contributed by atoms with E-state index >= 15 is 0 Å². The Morgan fingerprint density at radius 1 is 1.62 bits per heavy atom. The molecule has 0 saturated carbocycles. The normalized spacial score (nSPS) is 28.4. The highest BCUT2D eigenvalue weighted by Gasteiger charge is 2.59. The molecule has 130 valence electrons. The van der Waals surface area contributed by atoms with Gasteiger partial charge in [-0.15, -0.1) is 0 Å². The Morgan fingerprint density at radius 2 is 2.33 bits per heavy atom. The molecule has 2 aliphatic heterocycles. The van der Waals surface area contributed by atoms with Gasteiger partial charge in [0.2, 0.25) is 0 Å². The number of allylic oxidation sites excluding steroid dienone is 2. The smallest absolute Gasteiger partial charge is 0.254 e. The van der Waals surface area contributed by atoms with Crippen LogP contribution in [-0.2, 0) is 4.79 Å². The molecule has 2 rings (SSSR count). The van der Waals surface area contributed by atoms with Gasteiger partial charge in [0.15, 0.2) is 0 Å². The van der Waals surface area contributed by atoms with E-state index in [1.165, 1.54) is 11.2 Å². The first-order chi connectivity index (χ1) is 11.4. The monoisotopic (exact) mass is 336 g/mol. The van der Waals surface area contributed by atoms with Crippen molar-refractivity contribution in [1.82, 2.24) is 10.0 Å². The van der Waals surface area contributed by atoms with E-state index in [0.717, 1.165) is 5.57 Å². The first-order valence-corrected chi connectivity index (χ1v) is 8.02. The maximum absolute atomic E-state index is 13.7. The van der Waals surface area contributed by atoms with Crippen LogP contribution in [-0.4, -0.2) is 48.2 Å². The molecule has 5 nitrogen and oxygen atoms in total. The summed E-state index contributed by atoms with van der Waals surface area (Å²) in [5.41, 5.74) is -0.505. The molecule has 2 saturated heterocycles. The number of nitrogens with zero attached hydrogens (tertiary/aromatic N) is 4. The summed E-state index contributed by atoms with van der Waals surface area (Å²) in [5, 5.41) is 12.3. The average Bonchev–Trinajstić information content (AvgIpc) is 3.06. The van der Waals surface area contributed by atoms with Gasteiger partial charge in [-0.3, -0.25) is 14.8 Å². The van der Waals surface area contributed by atoms with Gasteiger partial charge in [0.1, 0.15) is 11.5 Å². The zero-order valence-corrected chi connectivity index (χ0v) is 14.0. The van der Waals surface area contributed by atoms with Gasteiger partial charge in [0.05, 0.1) is 11.6 Å². The van der Waals surface area contributed by atoms with Crippen molar-refractivity contribution in [3.05, 3.63) is 23.4 Å². The zero-order chi connectivity index (χ0) is 17.9. The van der Waals surface area contributed by atoms with Crippen molar-refractivity contribution in [3.63, 3.8) is 0 Å². The van der Waals surface area contributed by atoms with Gasteiger partial charge in [-0.05, 0) is 38.1 Å². The highest BCUT2D eigenvalue weighted by Crippen LogP contribution is 2.44. The minimum atomic E-state index is -2.68. The quantitative estimate of drug-likeness (QED) is 0.426. The van der Waals surface area contributed by atoms with Crippen LogP contribution in [0, 0.1) is 16.7 Å². The second kappa shape index (κ2) is 7.22. The zero-order valence-electron chi connectivity index (χ0n) is 14.0. The van der Waals surface area contributed by atoms with Crippen molar-refractivity contribution in [3.8, 4) is 6.07 Å². The number of alkyl halides is 2. The Balaban J connectivity index is 2.31. The summed E-state index contributed by atoms with van der Waals surface area (Å²) >= 11 is 0. The van der Waals surface area contributed by atoms with E-state index in [2.05, 4.69) is 11.7 Å². The number of amides is 1. The van der Waals surface area contributed by atoms with Crippen LogP contribution < -0.4 is 0 Å². The number of aliphatic imine (C=N–C) groups is 1. The molecule has 1 amide bonds.